The molecule has 1 N–H and O–H groups in total. The summed E-state index contributed by atoms with van der Waals surface area (Å²) in [4.78, 5) is 17.4. The van der Waals surface area contributed by atoms with E-state index in [4.69, 9.17) is 9.72 Å². The van der Waals surface area contributed by atoms with Gasteiger partial charge in [0.25, 0.3) is 5.91 Å². The fourth-order valence-electron chi connectivity index (χ4n) is 5.21. The van der Waals surface area contributed by atoms with Crippen LogP contribution < -0.4 is 10.1 Å². The average Bonchev–Trinajstić information content (AvgIpc) is 3.30. The van der Waals surface area contributed by atoms with E-state index in [9.17, 15) is 4.79 Å². The zero-order valence-electron chi connectivity index (χ0n) is 24.8. The van der Waals surface area contributed by atoms with Crippen LogP contribution in [0.5, 0.6) is 5.75 Å². The molecule has 1 aromatic heterocycles. The van der Waals surface area contributed by atoms with Gasteiger partial charge in [0.1, 0.15) is 11.6 Å². The first-order valence-electron chi connectivity index (χ1n) is 15.5. The maximum Gasteiger partial charge on any atom is 0.258 e. The summed E-state index contributed by atoms with van der Waals surface area (Å²) >= 11 is 0. The lowest BCUT2D eigenvalue weighted by Crippen LogP contribution is -2.29. The molecule has 0 aliphatic heterocycles. The van der Waals surface area contributed by atoms with Crippen molar-refractivity contribution in [2.24, 2.45) is 0 Å². The number of benzene rings is 2. The fourth-order valence-corrected chi connectivity index (χ4v) is 5.21. The fraction of sp³-hybridized carbons (Fsp3) is 0.588. The second-order valence-corrected chi connectivity index (χ2v) is 11.1. The van der Waals surface area contributed by atoms with E-state index in [1.165, 1.54) is 83.5 Å². The number of rotatable bonds is 20. The molecular weight excluding hydrogens is 482 g/mol. The van der Waals surface area contributed by atoms with Gasteiger partial charge in [0.05, 0.1) is 17.6 Å². The van der Waals surface area contributed by atoms with E-state index in [1.807, 2.05) is 44.2 Å². The molecule has 0 atom stereocenters. The standard InChI is InChI=1S/C34H51N3O2/c1-4-5-6-7-8-9-10-11-12-13-14-15-16-19-24-37-31-21-18-17-20-30(31)36-33(37)26-35-34(38)27-39-32-25-28(2)22-23-29(32)3/h17-18,20-23,25H,4-16,19,24,26-27H2,1-3H3,(H,35,38). The molecule has 0 bridgehead atoms. The molecular formula is C34H51N3O2. The van der Waals surface area contributed by atoms with Gasteiger partial charge < -0.3 is 14.6 Å². The van der Waals surface area contributed by atoms with Crippen LogP contribution in [-0.4, -0.2) is 22.1 Å². The van der Waals surface area contributed by atoms with Gasteiger partial charge >= 0.3 is 0 Å². The predicted octanol–water partition coefficient (Wildman–Crippen LogP) is 8.83. The van der Waals surface area contributed by atoms with Gasteiger partial charge in [0.15, 0.2) is 6.61 Å². The van der Waals surface area contributed by atoms with Crippen molar-refractivity contribution in [1.29, 1.82) is 0 Å². The third-order valence-corrected chi connectivity index (χ3v) is 7.61. The number of aromatic nitrogens is 2. The monoisotopic (exact) mass is 533 g/mol. The van der Waals surface area contributed by atoms with Crippen LogP contribution in [0, 0.1) is 13.8 Å². The van der Waals surface area contributed by atoms with E-state index in [-0.39, 0.29) is 12.5 Å². The maximum absolute atomic E-state index is 12.5. The van der Waals surface area contributed by atoms with Crippen molar-refractivity contribution in [2.45, 2.75) is 124 Å². The van der Waals surface area contributed by atoms with Crippen molar-refractivity contribution in [3.63, 3.8) is 0 Å². The van der Waals surface area contributed by atoms with Crippen LogP contribution in [0.25, 0.3) is 11.0 Å². The zero-order valence-corrected chi connectivity index (χ0v) is 24.8. The lowest BCUT2D eigenvalue weighted by molar-refractivity contribution is -0.123. The Hall–Kier alpha value is -2.82. The molecule has 5 heteroatoms. The number of amides is 1. The lowest BCUT2D eigenvalue weighted by atomic mass is 10.0. The number of aryl methyl sites for hydroxylation is 3. The molecule has 0 fully saturated rings. The summed E-state index contributed by atoms with van der Waals surface area (Å²) in [7, 11) is 0. The maximum atomic E-state index is 12.5. The summed E-state index contributed by atoms with van der Waals surface area (Å²) in [6, 6.07) is 14.3. The highest BCUT2D eigenvalue weighted by atomic mass is 16.5. The predicted molar refractivity (Wildman–Crippen MR) is 163 cm³/mol. The minimum atomic E-state index is -0.133. The first kappa shape index (κ1) is 30.7. The second kappa shape index (κ2) is 17.7. The first-order chi connectivity index (χ1) is 19.1. The molecule has 0 saturated heterocycles. The number of carbonyl (C=O) groups excluding carboxylic acids is 1. The Labute approximate surface area is 236 Å². The minimum Gasteiger partial charge on any atom is -0.483 e. The van der Waals surface area contributed by atoms with Crippen LogP contribution in [0.3, 0.4) is 0 Å². The second-order valence-electron chi connectivity index (χ2n) is 11.1. The normalized spacial score (nSPS) is 11.3. The topological polar surface area (TPSA) is 56.2 Å². The van der Waals surface area contributed by atoms with Gasteiger partial charge in [0, 0.05) is 6.54 Å². The van der Waals surface area contributed by atoms with Gasteiger partial charge in [-0.3, -0.25) is 4.79 Å². The molecule has 0 aliphatic rings. The third kappa shape index (κ3) is 11.1. The van der Waals surface area contributed by atoms with Crippen molar-refractivity contribution >= 4 is 16.9 Å². The summed E-state index contributed by atoms with van der Waals surface area (Å²) in [5, 5.41) is 3.01. The van der Waals surface area contributed by atoms with E-state index in [0.29, 0.717) is 6.54 Å². The van der Waals surface area contributed by atoms with Gasteiger partial charge in [-0.1, -0.05) is 115 Å². The van der Waals surface area contributed by atoms with E-state index < -0.39 is 0 Å². The van der Waals surface area contributed by atoms with Crippen LogP contribution in [0.15, 0.2) is 42.5 Å². The number of imidazole rings is 1. The molecule has 1 amide bonds. The number of nitrogens with zero attached hydrogens (tertiary/aromatic N) is 2. The highest BCUT2D eigenvalue weighted by Crippen LogP contribution is 2.20. The van der Waals surface area contributed by atoms with Gasteiger partial charge in [-0.2, -0.15) is 0 Å². The van der Waals surface area contributed by atoms with Crippen molar-refractivity contribution < 1.29 is 9.53 Å². The van der Waals surface area contributed by atoms with E-state index in [2.05, 4.69) is 28.9 Å². The van der Waals surface area contributed by atoms with Gasteiger partial charge in [-0.15, -0.1) is 0 Å². The molecule has 0 unspecified atom stereocenters. The number of hydrogen-bond donors (Lipinski definition) is 1. The molecule has 39 heavy (non-hydrogen) atoms. The van der Waals surface area contributed by atoms with Crippen molar-refractivity contribution in [3.8, 4) is 5.75 Å². The Morgan fingerprint density at radius 1 is 0.821 bits per heavy atom. The van der Waals surface area contributed by atoms with Gasteiger partial charge in [0.2, 0.25) is 0 Å². The number of para-hydroxylation sites is 2. The number of hydrogen-bond acceptors (Lipinski definition) is 3. The summed E-state index contributed by atoms with van der Waals surface area (Å²) < 4.78 is 8.05. The summed E-state index contributed by atoms with van der Waals surface area (Å²) in [6.07, 6.45) is 19.0. The van der Waals surface area contributed by atoms with Crippen molar-refractivity contribution in [1.82, 2.24) is 14.9 Å². The SMILES string of the molecule is CCCCCCCCCCCCCCCCn1c(CNC(=O)COc2cc(C)ccc2C)nc2ccccc21. The molecule has 3 rings (SSSR count). The Kier molecular flexibility index (Phi) is 13.9. The molecule has 1 heterocycles. The Bertz CT molecular complexity index is 1120. The summed E-state index contributed by atoms with van der Waals surface area (Å²) in [5.74, 6) is 1.53. The zero-order chi connectivity index (χ0) is 27.7. The number of carbonyl (C=O) groups is 1. The molecule has 214 valence electrons. The molecule has 2 aromatic carbocycles. The van der Waals surface area contributed by atoms with Crippen LogP contribution in [0.2, 0.25) is 0 Å². The molecule has 5 nitrogen and oxygen atoms in total. The summed E-state index contributed by atoms with van der Waals surface area (Å²) in [5.41, 5.74) is 4.28. The quantitative estimate of drug-likeness (QED) is 0.148. The van der Waals surface area contributed by atoms with E-state index >= 15 is 0 Å². The first-order valence-corrected chi connectivity index (χ1v) is 15.5. The Balaban J connectivity index is 1.35. The highest BCUT2D eigenvalue weighted by molar-refractivity contribution is 5.78. The minimum absolute atomic E-state index is 0.00345. The van der Waals surface area contributed by atoms with Gasteiger partial charge in [-0.05, 0) is 49.6 Å². The molecule has 0 radical (unpaired) electrons. The van der Waals surface area contributed by atoms with E-state index in [1.54, 1.807) is 0 Å². The lowest BCUT2D eigenvalue weighted by Gasteiger charge is -2.12. The largest absolute Gasteiger partial charge is 0.483 e. The number of nitrogens with one attached hydrogen (secondary N) is 1. The van der Waals surface area contributed by atoms with E-state index in [0.717, 1.165) is 46.7 Å². The van der Waals surface area contributed by atoms with Crippen LogP contribution >= 0.6 is 0 Å². The smallest absolute Gasteiger partial charge is 0.258 e. The number of fused-ring (bicyclic) bond motifs is 1. The molecule has 0 spiro atoms. The highest BCUT2D eigenvalue weighted by Gasteiger charge is 2.12. The van der Waals surface area contributed by atoms with Crippen molar-refractivity contribution in [2.75, 3.05) is 6.61 Å². The average molecular weight is 534 g/mol. The van der Waals surface area contributed by atoms with Crippen LogP contribution in [0.1, 0.15) is 114 Å². The van der Waals surface area contributed by atoms with Crippen LogP contribution in [-0.2, 0) is 17.9 Å². The van der Waals surface area contributed by atoms with Crippen LogP contribution in [0.4, 0.5) is 0 Å². The molecule has 0 aliphatic carbocycles. The van der Waals surface area contributed by atoms with Gasteiger partial charge in [-0.25, -0.2) is 4.98 Å². The molecule has 3 aromatic rings. The number of unbranched alkanes of at least 4 members (excludes halogenated alkanes) is 13. The molecule has 0 saturated carbocycles. The number of ether oxygens (including phenoxy) is 1. The summed E-state index contributed by atoms with van der Waals surface area (Å²) in [6.45, 7) is 7.64. The van der Waals surface area contributed by atoms with Crippen molar-refractivity contribution in [3.05, 3.63) is 59.4 Å². The Morgan fingerprint density at radius 3 is 2.10 bits per heavy atom. The Morgan fingerprint density at radius 2 is 1.44 bits per heavy atom. The third-order valence-electron chi connectivity index (χ3n) is 7.61.